The third-order valence-corrected chi connectivity index (χ3v) is 2.18. The highest BCUT2D eigenvalue weighted by molar-refractivity contribution is 5.94. The number of carbonyl (C=O) groups excluding carboxylic acids is 1. The van der Waals surface area contributed by atoms with E-state index in [1.807, 2.05) is 13.0 Å². The van der Waals surface area contributed by atoms with E-state index in [9.17, 15) is 4.79 Å². The highest BCUT2D eigenvalue weighted by Crippen LogP contribution is 2.21. The van der Waals surface area contributed by atoms with Gasteiger partial charge in [-0.1, -0.05) is 12.2 Å². The topological polar surface area (TPSA) is 46.5 Å². The highest BCUT2D eigenvalue weighted by Gasteiger charge is 2.22. The van der Waals surface area contributed by atoms with E-state index in [-0.39, 0.29) is 12.1 Å². The van der Waals surface area contributed by atoms with Gasteiger partial charge in [-0.3, -0.25) is 0 Å². The lowest BCUT2D eigenvalue weighted by molar-refractivity contribution is -0.135. The summed E-state index contributed by atoms with van der Waals surface area (Å²) >= 11 is 0. The van der Waals surface area contributed by atoms with E-state index in [2.05, 4.69) is 0 Å². The van der Waals surface area contributed by atoms with Crippen molar-refractivity contribution in [2.75, 3.05) is 6.61 Å². The number of rotatable bonds is 4. The summed E-state index contributed by atoms with van der Waals surface area (Å²) in [6.07, 6.45) is 4.66. The van der Waals surface area contributed by atoms with Crippen molar-refractivity contribution in [2.24, 2.45) is 0 Å². The molecule has 1 heterocycles. The minimum Gasteiger partial charge on any atom is -0.458 e. The first-order chi connectivity index (χ1) is 6.65. The zero-order chi connectivity index (χ0) is 10.6. The van der Waals surface area contributed by atoms with Gasteiger partial charge < -0.3 is 9.84 Å². The van der Waals surface area contributed by atoms with Crippen LogP contribution in [0.2, 0.25) is 0 Å². The smallest absolute Gasteiger partial charge is 0.338 e. The van der Waals surface area contributed by atoms with Crippen LogP contribution >= 0.6 is 0 Å². The molecule has 14 heavy (non-hydrogen) atoms. The molecule has 1 unspecified atom stereocenters. The summed E-state index contributed by atoms with van der Waals surface area (Å²) in [6, 6.07) is 0. The number of carbonyl (C=O) groups is 1. The van der Waals surface area contributed by atoms with Crippen LogP contribution in [-0.4, -0.2) is 23.8 Å². The van der Waals surface area contributed by atoms with Gasteiger partial charge in [0, 0.05) is 0 Å². The Labute approximate surface area is 84.1 Å². The maximum Gasteiger partial charge on any atom is 0.338 e. The summed E-state index contributed by atoms with van der Waals surface area (Å²) in [7, 11) is 0. The first-order valence-corrected chi connectivity index (χ1v) is 4.85. The molecule has 0 saturated carbocycles. The van der Waals surface area contributed by atoms with Gasteiger partial charge in [0.15, 0.2) is 0 Å². The van der Waals surface area contributed by atoms with Crippen molar-refractivity contribution in [3.05, 3.63) is 23.3 Å². The summed E-state index contributed by atoms with van der Waals surface area (Å²) < 4.78 is 4.92. The van der Waals surface area contributed by atoms with Crippen LogP contribution in [-0.2, 0) is 9.53 Å². The first kappa shape index (κ1) is 11.0. The van der Waals surface area contributed by atoms with Gasteiger partial charge in [0.2, 0.25) is 0 Å². The molecule has 0 aromatic rings. The molecule has 0 aliphatic carbocycles. The Bertz CT molecular complexity index is 274. The molecule has 0 amide bonds. The molecule has 0 aromatic carbocycles. The van der Waals surface area contributed by atoms with Gasteiger partial charge in [0.25, 0.3) is 0 Å². The standard InChI is InChI=1S/C11H16O3/c1-3-4-10-9(6-5-8(2)12)7-14-11(10)13/h3-4,8,12H,5-7H2,1-2H3. The lowest BCUT2D eigenvalue weighted by Gasteiger charge is -2.03. The average molecular weight is 196 g/mol. The number of esters is 1. The van der Waals surface area contributed by atoms with Crippen LogP contribution in [0.15, 0.2) is 23.3 Å². The van der Waals surface area contributed by atoms with Crippen LogP contribution in [0.3, 0.4) is 0 Å². The van der Waals surface area contributed by atoms with Gasteiger partial charge in [0.05, 0.1) is 11.7 Å². The van der Waals surface area contributed by atoms with Crippen LogP contribution in [0.5, 0.6) is 0 Å². The van der Waals surface area contributed by atoms with E-state index >= 15 is 0 Å². The van der Waals surface area contributed by atoms with Crippen LogP contribution in [0.1, 0.15) is 26.7 Å². The molecule has 0 fully saturated rings. The molecule has 3 heteroatoms. The van der Waals surface area contributed by atoms with Gasteiger partial charge in [-0.15, -0.1) is 0 Å². The monoisotopic (exact) mass is 196 g/mol. The fraction of sp³-hybridized carbons (Fsp3) is 0.545. The number of aliphatic hydroxyl groups is 1. The number of aliphatic hydroxyl groups excluding tert-OH is 1. The fourth-order valence-electron chi connectivity index (χ4n) is 1.40. The second kappa shape index (κ2) is 4.96. The van der Waals surface area contributed by atoms with Crippen molar-refractivity contribution in [1.29, 1.82) is 0 Å². The van der Waals surface area contributed by atoms with Gasteiger partial charge in [-0.25, -0.2) is 4.79 Å². The molecule has 0 radical (unpaired) electrons. The van der Waals surface area contributed by atoms with Crippen molar-refractivity contribution in [3.63, 3.8) is 0 Å². The Kier molecular flexibility index (Phi) is 3.89. The predicted octanol–water partition coefficient (Wildman–Crippen LogP) is 1.58. The zero-order valence-corrected chi connectivity index (χ0v) is 8.62. The van der Waals surface area contributed by atoms with Crippen LogP contribution in [0, 0.1) is 0 Å². The minimum atomic E-state index is -0.329. The van der Waals surface area contributed by atoms with Gasteiger partial charge >= 0.3 is 5.97 Å². The molecule has 3 nitrogen and oxygen atoms in total. The number of ether oxygens (including phenoxy) is 1. The normalized spacial score (nSPS) is 19.2. The summed E-state index contributed by atoms with van der Waals surface area (Å²) in [4.78, 5) is 11.2. The Hall–Kier alpha value is -1.09. The van der Waals surface area contributed by atoms with Crippen LogP contribution < -0.4 is 0 Å². The highest BCUT2D eigenvalue weighted by atomic mass is 16.5. The number of hydrogen-bond donors (Lipinski definition) is 1. The second-order valence-electron chi connectivity index (χ2n) is 3.48. The van der Waals surface area contributed by atoms with Crippen molar-refractivity contribution in [2.45, 2.75) is 32.8 Å². The van der Waals surface area contributed by atoms with Crippen molar-refractivity contribution in [1.82, 2.24) is 0 Å². The molecule has 1 aliphatic rings. The molecule has 0 spiro atoms. The van der Waals surface area contributed by atoms with Crippen LogP contribution in [0.4, 0.5) is 0 Å². The Morgan fingerprint density at radius 1 is 1.64 bits per heavy atom. The van der Waals surface area contributed by atoms with Crippen molar-refractivity contribution < 1.29 is 14.6 Å². The Balaban J connectivity index is 2.67. The summed E-state index contributed by atoms with van der Waals surface area (Å²) in [5.74, 6) is -0.247. The lowest BCUT2D eigenvalue weighted by Crippen LogP contribution is -2.01. The third kappa shape index (κ3) is 2.70. The quantitative estimate of drug-likeness (QED) is 0.694. The van der Waals surface area contributed by atoms with E-state index in [1.54, 1.807) is 13.0 Å². The fourth-order valence-corrected chi connectivity index (χ4v) is 1.40. The van der Waals surface area contributed by atoms with E-state index < -0.39 is 0 Å². The number of allylic oxidation sites excluding steroid dienone is 1. The average Bonchev–Trinajstić information content (AvgIpc) is 2.46. The first-order valence-electron chi connectivity index (χ1n) is 4.85. The molecular weight excluding hydrogens is 180 g/mol. The van der Waals surface area contributed by atoms with E-state index in [0.29, 0.717) is 18.6 Å². The molecule has 78 valence electrons. The molecular formula is C11H16O3. The second-order valence-corrected chi connectivity index (χ2v) is 3.48. The predicted molar refractivity (Wildman–Crippen MR) is 53.7 cm³/mol. The Morgan fingerprint density at radius 3 is 2.93 bits per heavy atom. The molecule has 1 N–H and O–H groups in total. The van der Waals surface area contributed by atoms with Gasteiger partial charge in [-0.05, 0) is 32.3 Å². The molecule has 1 rings (SSSR count). The molecule has 0 saturated heterocycles. The maximum absolute atomic E-state index is 11.2. The van der Waals surface area contributed by atoms with Crippen molar-refractivity contribution in [3.8, 4) is 0 Å². The van der Waals surface area contributed by atoms with Gasteiger partial charge in [0.1, 0.15) is 6.61 Å². The van der Waals surface area contributed by atoms with E-state index in [0.717, 1.165) is 12.0 Å². The summed E-state index contributed by atoms with van der Waals surface area (Å²) in [5, 5.41) is 9.13. The minimum absolute atomic E-state index is 0.247. The van der Waals surface area contributed by atoms with Crippen LogP contribution in [0.25, 0.3) is 0 Å². The maximum atomic E-state index is 11.2. The largest absolute Gasteiger partial charge is 0.458 e. The zero-order valence-electron chi connectivity index (χ0n) is 8.62. The molecule has 1 aliphatic heterocycles. The third-order valence-electron chi connectivity index (χ3n) is 2.18. The molecule has 0 aromatic heterocycles. The molecule has 1 atom stereocenters. The summed E-state index contributed by atoms with van der Waals surface area (Å²) in [5.41, 5.74) is 1.65. The lowest BCUT2D eigenvalue weighted by atomic mass is 10.0. The van der Waals surface area contributed by atoms with Gasteiger partial charge in [-0.2, -0.15) is 0 Å². The number of hydrogen-bond acceptors (Lipinski definition) is 3. The SMILES string of the molecule is CC=CC1=C(CCC(C)O)COC1=O. The van der Waals surface area contributed by atoms with E-state index in [4.69, 9.17) is 9.84 Å². The summed E-state index contributed by atoms with van der Waals surface area (Å²) in [6.45, 7) is 3.99. The molecule has 0 bridgehead atoms. The van der Waals surface area contributed by atoms with Crippen molar-refractivity contribution >= 4 is 5.97 Å². The number of cyclic esters (lactones) is 1. The van der Waals surface area contributed by atoms with E-state index in [1.165, 1.54) is 0 Å². The Morgan fingerprint density at radius 2 is 2.36 bits per heavy atom.